The van der Waals surface area contributed by atoms with E-state index in [0.29, 0.717) is 0 Å². The number of anilines is 1. The number of fused-ring (bicyclic) bond motifs is 2. The van der Waals surface area contributed by atoms with Gasteiger partial charge in [0.25, 0.3) is 5.91 Å². The lowest BCUT2D eigenvalue weighted by atomic mass is 10.2. The SMILES string of the molecule is Cc1cn2c(/C=C/C(=O)N3CCCSc4ccccc43)c(C)nc2s1. The highest BCUT2D eigenvalue weighted by atomic mass is 32.2. The van der Waals surface area contributed by atoms with Gasteiger partial charge in [-0.2, -0.15) is 0 Å². The molecule has 1 aromatic carbocycles. The van der Waals surface area contributed by atoms with Gasteiger partial charge in [-0.15, -0.1) is 23.1 Å². The predicted octanol–water partition coefficient (Wildman–Crippen LogP) is 4.55. The van der Waals surface area contributed by atoms with Crippen molar-refractivity contribution < 1.29 is 4.79 Å². The number of benzene rings is 1. The Labute approximate surface area is 155 Å². The van der Waals surface area contributed by atoms with Crippen LogP contribution in [-0.2, 0) is 4.79 Å². The van der Waals surface area contributed by atoms with Gasteiger partial charge in [0.2, 0.25) is 0 Å². The number of amides is 1. The van der Waals surface area contributed by atoms with Crippen LogP contribution in [0.3, 0.4) is 0 Å². The summed E-state index contributed by atoms with van der Waals surface area (Å²) in [5, 5.41) is 0. The smallest absolute Gasteiger partial charge is 0.251 e. The third-order valence-corrected chi connectivity index (χ3v) is 6.30. The van der Waals surface area contributed by atoms with E-state index in [1.54, 1.807) is 17.4 Å². The summed E-state index contributed by atoms with van der Waals surface area (Å²) < 4.78 is 2.06. The minimum atomic E-state index is 0.0243. The average molecular weight is 370 g/mol. The summed E-state index contributed by atoms with van der Waals surface area (Å²) in [7, 11) is 0. The maximum absolute atomic E-state index is 12.9. The Hall–Kier alpha value is -2.05. The van der Waals surface area contributed by atoms with E-state index in [1.165, 1.54) is 9.77 Å². The van der Waals surface area contributed by atoms with Gasteiger partial charge >= 0.3 is 0 Å². The van der Waals surface area contributed by atoms with Gasteiger partial charge in [-0.25, -0.2) is 4.98 Å². The summed E-state index contributed by atoms with van der Waals surface area (Å²) >= 11 is 3.49. The largest absolute Gasteiger partial charge is 0.308 e. The van der Waals surface area contributed by atoms with Crippen molar-refractivity contribution in [3.8, 4) is 0 Å². The van der Waals surface area contributed by atoms with E-state index in [4.69, 9.17) is 0 Å². The van der Waals surface area contributed by atoms with Crippen molar-refractivity contribution in [2.24, 2.45) is 0 Å². The van der Waals surface area contributed by atoms with Crippen LogP contribution in [0.2, 0.25) is 0 Å². The first-order valence-corrected chi connectivity index (χ1v) is 10.1. The Kier molecular flexibility index (Phi) is 4.39. The van der Waals surface area contributed by atoms with Crippen LogP contribution < -0.4 is 4.90 Å². The van der Waals surface area contributed by atoms with Crippen molar-refractivity contribution in [2.75, 3.05) is 17.2 Å². The Morgan fingerprint density at radius 3 is 3.00 bits per heavy atom. The monoisotopic (exact) mass is 369 g/mol. The van der Waals surface area contributed by atoms with Gasteiger partial charge in [0, 0.05) is 28.6 Å². The Morgan fingerprint density at radius 2 is 2.12 bits per heavy atom. The van der Waals surface area contributed by atoms with Crippen molar-refractivity contribution in [2.45, 2.75) is 25.2 Å². The molecular formula is C19H19N3OS2. The summed E-state index contributed by atoms with van der Waals surface area (Å²) in [5.74, 6) is 1.07. The van der Waals surface area contributed by atoms with Gasteiger partial charge in [0.1, 0.15) is 0 Å². The zero-order chi connectivity index (χ0) is 17.4. The Morgan fingerprint density at radius 1 is 1.28 bits per heavy atom. The second-order valence-corrected chi connectivity index (χ2v) is 8.42. The number of thiazole rings is 1. The number of carbonyl (C=O) groups is 1. The minimum absolute atomic E-state index is 0.0243. The van der Waals surface area contributed by atoms with Crippen molar-refractivity contribution >= 4 is 45.7 Å². The van der Waals surface area contributed by atoms with Crippen LogP contribution in [0.5, 0.6) is 0 Å². The van der Waals surface area contributed by atoms with Crippen LogP contribution >= 0.6 is 23.1 Å². The third kappa shape index (κ3) is 3.12. The number of hydrogen-bond donors (Lipinski definition) is 0. The first-order valence-electron chi connectivity index (χ1n) is 8.30. The molecule has 0 saturated heterocycles. The predicted molar refractivity (Wildman–Crippen MR) is 106 cm³/mol. The van der Waals surface area contributed by atoms with E-state index in [2.05, 4.69) is 28.6 Å². The zero-order valence-electron chi connectivity index (χ0n) is 14.2. The maximum Gasteiger partial charge on any atom is 0.251 e. The molecule has 0 spiro atoms. The fraction of sp³-hybridized carbons (Fsp3) is 0.263. The number of aromatic nitrogens is 2. The molecule has 0 aliphatic carbocycles. The number of thioether (sulfide) groups is 1. The molecule has 3 aromatic rings. The molecule has 2 aromatic heterocycles. The molecule has 6 heteroatoms. The van der Waals surface area contributed by atoms with Crippen LogP contribution in [0.4, 0.5) is 5.69 Å². The first-order chi connectivity index (χ1) is 12.1. The Balaban J connectivity index is 1.65. The van der Waals surface area contributed by atoms with Gasteiger partial charge in [-0.05, 0) is 44.2 Å². The highest BCUT2D eigenvalue weighted by Crippen LogP contribution is 2.33. The standard InChI is InChI=1S/C19H19N3OS2/c1-13-12-22-15(14(2)20-19(22)25-13)8-9-18(23)21-10-5-11-24-17-7-4-3-6-16(17)21/h3-4,6-9,12H,5,10-11H2,1-2H3/b9-8+. The van der Waals surface area contributed by atoms with Gasteiger partial charge < -0.3 is 4.90 Å². The molecule has 0 atom stereocenters. The molecule has 128 valence electrons. The first kappa shape index (κ1) is 16.4. The lowest BCUT2D eigenvalue weighted by molar-refractivity contribution is -0.114. The van der Waals surface area contributed by atoms with E-state index in [0.717, 1.165) is 40.8 Å². The highest BCUT2D eigenvalue weighted by molar-refractivity contribution is 7.99. The van der Waals surface area contributed by atoms with E-state index in [-0.39, 0.29) is 5.91 Å². The lowest BCUT2D eigenvalue weighted by Crippen LogP contribution is -2.30. The molecule has 0 unspecified atom stereocenters. The summed E-state index contributed by atoms with van der Waals surface area (Å²) in [6, 6.07) is 8.15. The number of nitrogens with zero attached hydrogens (tertiary/aromatic N) is 3. The average Bonchev–Trinajstić information content (AvgIpc) is 2.99. The van der Waals surface area contributed by atoms with Crippen LogP contribution in [0.15, 0.2) is 41.4 Å². The van der Waals surface area contributed by atoms with Gasteiger partial charge in [0.15, 0.2) is 4.96 Å². The second-order valence-electron chi connectivity index (χ2n) is 6.07. The number of imidazole rings is 1. The number of hydrogen-bond acceptors (Lipinski definition) is 4. The van der Waals surface area contributed by atoms with E-state index in [9.17, 15) is 4.79 Å². The van der Waals surface area contributed by atoms with Gasteiger partial charge in [0.05, 0.1) is 17.1 Å². The van der Waals surface area contributed by atoms with Gasteiger partial charge in [-0.3, -0.25) is 9.20 Å². The molecule has 1 aliphatic heterocycles. The molecule has 4 rings (SSSR count). The number of para-hydroxylation sites is 1. The van der Waals surface area contributed by atoms with Gasteiger partial charge in [-0.1, -0.05) is 12.1 Å². The summed E-state index contributed by atoms with van der Waals surface area (Å²) in [4.78, 5) is 22.7. The third-order valence-electron chi connectivity index (χ3n) is 4.25. The zero-order valence-corrected chi connectivity index (χ0v) is 15.9. The van der Waals surface area contributed by atoms with Crippen molar-refractivity contribution in [1.29, 1.82) is 0 Å². The molecule has 0 bridgehead atoms. The maximum atomic E-state index is 12.9. The molecule has 1 aliphatic rings. The van der Waals surface area contributed by atoms with Crippen molar-refractivity contribution in [3.05, 3.63) is 52.8 Å². The molecule has 4 nitrogen and oxygen atoms in total. The molecule has 0 fully saturated rings. The quantitative estimate of drug-likeness (QED) is 0.622. The molecule has 25 heavy (non-hydrogen) atoms. The number of rotatable bonds is 2. The lowest BCUT2D eigenvalue weighted by Gasteiger charge is -2.20. The molecule has 1 amide bonds. The normalized spacial score (nSPS) is 14.9. The fourth-order valence-corrected chi connectivity index (χ4v) is 4.95. The van der Waals surface area contributed by atoms with Crippen LogP contribution in [0.25, 0.3) is 11.0 Å². The summed E-state index contributed by atoms with van der Waals surface area (Å²) in [6.07, 6.45) is 6.64. The second kappa shape index (κ2) is 6.69. The van der Waals surface area contributed by atoms with Crippen LogP contribution in [-0.4, -0.2) is 27.6 Å². The molecule has 0 N–H and O–H groups in total. The summed E-state index contributed by atoms with van der Waals surface area (Å²) in [5.41, 5.74) is 2.94. The minimum Gasteiger partial charge on any atom is -0.308 e. The number of aryl methyl sites for hydroxylation is 2. The van der Waals surface area contributed by atoms with E-state index >= 15 is 0 Å². The topological polar surface area (TPSA) is 37.6 Å². The van der Waals surface area contributed by atoms with E-state index < -0.39 is 0 Å². The molecule has 0 saturated carbocycles. The highest BCUT2D eigenvalue weighted by Gasteiger charge is 2.19. The fourth-order valence-electron chi connectivity index (χ4n) is 3.08. The van der Waals surface area contributed by atoms with Crippen molar-refractivity contribution in [1.82, 2.24) is 9.38 Å². The summed E-state index contributed by atoms with van der Waals surface area (Å²) in [6.45, 7) is 4.81. The molecule has 0 radical (unpaired) electrons. The van der Waals surface area contributed by atoms with Crippen LogP contribution in [0.1, 0.15) is 22.7 Å². The molecule has 3 heterocycles. The molecular weight excluding hydrogens is 350 g/mol. The number of carbonyl (C=O) groups excluding carboxylic acids is 1. The van der Waals surface area contributed by atoms with Crippen LogP contribution in [0, 0.1) is 13.8 Å². The van der Waals surface area contributed by atoms with E-state index in [1.807, 2.05) is 47.9 Å². The Bertz CT molecular complexity index is 970. The van der Waals surface area contributed by atoms with Crippen molar-refractivity contribution in [3.63, 3.8) is 0 Å².